The van der Waals surface area contributed by atoms with Crippen molar-refractivity contribution in [2.45, 2.75) is 52.0 Å². The van der Waals surface area contributed by atoms with Crippen LogP contribution in [0.1, 0.15) is 43.5 Å². The Morgan fingerprint density at radius 3 is 2.47 bits per heavy atom. The Balaban J connectivity index is 2.11. The highest BCUT2D eigenvalue weighted by atomic mass is 16.4. The molecule has 0 spiro atoms. The molecule has 6 nitrogen and oxygen atoms in total. The summed E-state index contributed by atoms with van der Waals surface area (Å²) in [5, 5.41) is 20.2. The standard InChI is InChI=1S/C13H20N4O2/c1-8-9(2)16-17-13(14-8)15-11(12(18)19)10-6-4-3-5-7-10/h10-11H,3-7H2,1-2H3,(H,18,19)(H,14,15,17). The minimum absolute atomic E-state index is 0.149. The molecule has 19 heavy (non-hydrogen) atoms. The van der Waals surface area contributed by atoms with Gasteiger partial charge in [0, 0.05) is 0 Å². The van der Waals surface area contributed by atoms with Crippen molar-refractivity contribution in [3.05, 3.63) is 11.4 Å². The number of aromatic nitrogens is 3. The van der Waals surface area contributed by atoms with E-state index in [0.29, 0.717) is 5.95 Å². The Hall–Kier alpha value is -1.72. The maximum Gasteiger partial charge on any atom is 0.326 e. The molecule has 0 amide bonds. The van der Waals surface area contributed by atoms with Crippen LogP contribution in [0.25, 0.3) is 0 Å². The zero-order valence-electron chi connectivity index (χ0n) is 11.4. The fraction of sp³-hybridized carbons (Fsp3) is 0.692. The number of aliphatic carboxylic acids is 1. The van der Waals surface area contributed by atoms with Crippen LogP contribution in [0.3, 0.4) is 0 Å². The summed E-state index contributed by atoms with van der Waals surface area (Å²) in [4.78, 5) is 15.7. The summed E-state index contributed by atoms with van der Waals surface area (Å²) in [5.74, 6) is -0.383. The van der Waals surface area contributed by atoms with Crippen molar-refractivity contribution in [2.24, 2.45) is 5.92 Å². The lowest BCUT2D eigenvalue weighted by atomic mass is 9.84. The normalized spacial score (nSPS) is 18.0. The number of carboxylic acid groups (broad SMARTS) is 1. The predicted molar refractivity (Wildman–Crippen MR) is 70.9 cm³/mol. The molecule has 0 saturated heterocycles. The summed E-state index contributed by atoms with van der Waals surface area (Å²) in [5.41, 5.74) is 1.53. The molecule has 1 atom stereocenters. The van der Waals surface area contributed by atoms with E-state index < -0.39 is 12.0 Å². The van der Waals surface area contributed by atoms with Crippen molar-refractivity contribution in [3.8, 4) is 0 Å². The summed E-state index contributed by atoms with van der Waals surface area (Å²) in [6, 6.07) is -0.621. The van der Waals surface area contributed by atoms with Crippen molar-refractivity contribution in [2.75, 3.05) is 5.32 Å². The lowest BCUT2D eigenvalue weighted by molar-refractivity contribution is -0.139. The van der Waals surface area contributed by atoms with Gasteiger partial charge >= 0.3 is 5.97 Å². The largest absolute Gasteiger partial charge is 0.480 e. The van der Waals surface area contributed by atoms with Gasteiger partial charge in [0.1, 0.15) is 6.04 Å². The summed E-state index contributed by atoms with van der Waals surface area (Å²) < 4.78 is 0. The van der Waals surface area contributed by atoms with Gasteiger partial charge in [0.25, 0.3) is 0 Å². The number of anilines is 1. The summed E-state index contributed by atoms with van der Waals surface area (Å²) in [7, 11) is 0. The van der Waals surface area contributed by atoms with Gasteiger partial charge in [0.15, 0.2) is 0 Å². The number of hydrogen-bond donors (Lipinski definition) is 2. The van der Waals surface area contributed by atoms with E-state index in [4.69, 9.17) is 0 Å². The molecular weight excluding hydrogens is 244 g/mol. The summed E-state index contributed by atoms with van der Waals surface area (Å²) >= 11 is 0. The third-order valence-electron chi connectivity index (χ3n) is 3.76. The molecule has 1 heterocycles. The minimum Gasteiger partial charge on any atom is -0.480 e. The van der Waals surface area contributed by atoms with Crippen LogP contribution in [0.5, 0.6) is 0 Å². The first-order chi connectivity index (χ1) is 9.08. The summed E-state index contributed by atoms with van der Waals surface area (Å²) in [6.07, 6.45) is 5.29. The van der Waals surface area contributed by atoms with Gasteiger partial charge in [-0.05, 0) is 32.6 Å². The van der Waals surface area contributed by atoms with Crippen LogP contribution < -0.4 is 5.32 Å². The van der Waals surface area contributed by atoms with E-state index in [1.165, 1.54) is 6.42 Å². The molecule has 1 aliphatic carbocycles. The van der Waals surface area contributed by atoms with Crippen LogP contribution in [0.2, 0.25) is 0 Å². The summed E-state index contributed by atoms with van der Waals surface area (Å²) in [6.45, 7) is 3.67. The molecule has 1 aromatic rings. The average molecular weight is 264 g/mol. The topological polar surface area (TPSA) is 88.0 Å². The van der Waals surface area contributed by atoms with Gasteiger partial charge in [-0.2, -0.15) is 5.10 Å². The molecule has 1 fully saturated rings. The number of carboxylic acids is 1. The van der Waals surface area contributed by atoms with Crippen molar-refractivity contribution in [1.82, 2.24) is 15.2 Å². The number of aryl methyl sites for hydroxylation is 2. The molecule has 104 valence electrons. The van der Waals surface area contributed by atoms with E-state index in [9.17, 15) is 9.90 Å². The Labute approximate surface area is 112 Å². The first kappa shape index (κ1) is 13.7. The van der Waals surface area contributed by atoms with Crippen molar-refractivity contribution in [1.29, 1.82) is 0 Å². The highest BCUT2D eigenvalue weighted by Gasteiger charge is 2.30. The quantitative estimate of drug-likeness (QED) is 0.864. The Morgan fingerprint density at radius 2 is 1.89 bits per heavy atom. The Kier molecular flexibility index (Phi) is 4.29. The zero-order chi connectivity index (χ0) is 13.8. The number of carbonyl (C=O) groups is 1. The predicted octanol–water partition coefficient (Wildman–Crippen LogP) is 1.93. The first-order valence-electron chi connectivity index (χ1n) is 6.75. The number of hydrogen-bond acceptors (Lipinski definition) is 5. The molecule has 0 radical (unpaired) electrons. The Bertz CT molecular complexity index is 458. The lowest BCUT2D eigenvalue weighted by Crippen LogP contribution is -2.38. The van der Waals surface area contributed by atoms with Gasteiger partial charge in [-0.15, -0.1) is 5.10 Å². The SMILES string of the molecule is Cc1nnc(NC(C(=O)O)C2CCCCC2)nc1C. The van der Waals surface area contributed by atoms with Gasteiger partial charge in [0.05, 0.1) is 11.4 Å². The molecule has 2 N–H and O–H groups in total. The lowest BCUT2D eigenvalue weighted by Gasteiger charge is -2.27. The third kappa shape index (κ3) is 3.39. The van der Waals surface area contributed by atoms with Crippen molar-refractivity contribution >= 4 is 11.9 Å². The molecule has 6 heteroatoms. The van der Waals surface area contributed by atoms with E-state index in [0.717, 1.165) is 37.1 Å². The maximum absolute atomic E-state index is 11.4. The van der Waals surface area contributed by atoms with Crippen molar-refractivity contribution in [3.63, 3.8) is 0 Å². The van der Waals surface area contributed by atoms with E-state index in [1.54, 1.807) is 0 Å². The molecule has 1 aliphatic rings. The molecule has 0 aromatic carbocycles. The van der Waals surface area contributed by atoms with E-state index >= 15 is 0 Å². The van der Waals surface area contributed by atoms with Gasteiger partial charge in [-0.25, -0.2) is 9.78 Å². The molecule has 0 bridgehead atoms. The fourth-order valence-electron chi connectivity index (χ4n) is 2.51. The molecule has 1 saturated carbocycles. The number of nitrogens with zero attached hydrogens (tertiary/aromatic N) is 3. The van der Waals surface area contributed by atoms with Crippen LogP contribution in [-0.2, 0) is 4.79 Å². The van der Waals surface area contributed by atoms with Crippen LogP contribution in [-0.4, -0.2) is 32.3 Å². The van der Waals surface area contributed by atoms with Gasteiger partial charge in [-0.3, -0.25) is 0 Å². The van der Waals surface area contributed by atoms with E-state index in [-0.39, 0.29) is 5.92 Å². The molecular formula is C13H20N4O2. The van der Waals surface area contributed by atoms with Crippen LogP contribution in [0, 0.1) is 19.8 Å². The van der Waals surface area contributed by atoms with Gasteiger partial charge in [0.2, 0.25) is 5.95 Å². The maximum atomic E-state index is 11.4. The van der Waals surface area contributed by atoms with Crippen LogP contribution in [0.15, 0.2) is 0 Å². The highest BCUT2D eigenvalue weighted by molar-refractivity contribution is 5.77. The van der Waals surface area contributed by atoms with Crippen molar-refractivity contribution < 1.29 is 9.90 Å². The van der Waals surface area contributed by atoms with E-state index in [2.05, 4.69) is 20.5 Å². The minimum atomic E-state index is -0.839. The van der Waals surface area contributed by atoms with Crippen LogP contribution >= 0.6 is 0 Å². The second-order valence-electron chi connectivity index (χ2n) is 5.16. The first-order valence-corrected chi connectivity index (χ1v) is 6.75. The van der Waals surface area contributed by atoms with Gasteiger partial charge in [-0.1, -0.05) is 19.3 Å². The molecule has 1 aromatic heterocycles. The smallest absolute Gasteiger partial charge is 0.326 e. The van der Waals surface area contributed by atoms with E-state index in [1.807, 2.05) is 13.8 Å². The third-order valence-corrected chi connectivity index (χ3v) is 3.76. The second-order valence-corrected chi connectivity index (χ2v) is 5.16. The van der Waals surface area contributed by atoms with Gasteiger partial charge < -0.3 is 10.4 Å². The highest BCUT2D eigenvalue weighted by Crippen LogP contribution is 2.27. The monoisotopic (exact) mass is 264 g/mol. The van der Waals surface area contributed by atoms with Crippen LogP contribution in [0.4, 0.5) is 5.95 Å². The zero-order valence-corrected chi connectivity index (χ0v) is 11.4. The fourth-order valence-corrected chi connectivity index (χ4v) is 2.51. The number of nitrogens with one attached hydrogen (secondary N) is 1. The molecule has 0 aliphatic heterocycles. The second kappa shape index (κ2) is 5.95. The Morgan fingerprint density at radius 1 is 1.21 bits per heavy atom. The molecule has 1 unspecified atom stereocenters. The molecule has 2 rings (SSSR count). The number of rotatable bonds is 4. The average Bonchev–Trinajstić information content (AvgIpc) is 2.40.